The molecule has 0 aliphatic rings. The van der Waals surface area contributed by atoms with E-state index in [0.717, 1.165) is 17.5 Å². The number of hydrogen-bond donors (Lipinski definition) is 2. The molecule has 4 heteroatoms. The van der Waals surface area contributed by atoms with Gasteiger partial charge in [0.15, 0.2) is 6.61 Å². The highest BCUT2D eigenvalue weighted by atomic mass is 16.5. The van der Waals surface area contributed by atoms with Crippen LogP contribution < -0.4 is 15.8 Å². The van der Waals surface area contributed by atoms with Gasteiger partial charge in [-0.15, -0.1) is 0 Å². The van der Waals surface area contributed by atoms with Crippen molar-refractivity contribution in [3.05, 3.63) is 29.3 Å². The van der Waals surface area contributed by atoms with E-state index in [0.29, 0.717) is 18.2 Å². The number of carbonyl (C=O) groups excluding carboxylic acids is 1. The van der Waals surface area contributed by atoms with Gasteiger partial charge in [-0.05, 0) is 32.3 Å². The molecule has 1 rings (SSSR count). The summed E-state index contributed by atoms with van der Waals surface area (Å²) in [7, 11) is 0. The zero-order valence-electron chi connectivity index (χ0n) is 12.9. The molecule has 0 heterocycles. The number of carbonyl (C=O) groups is 1. The number of ether oxygens (including phenoxy) is 1. The molecule has 0 aromatic heterocycles. The van der Waals surface area contributed by atoms with Crippen molar-refractivity contribution in [1.82, 2.24) is 5.32 Å². The van der Waals surface area contributed by atoms with E-state index in [-0.39, 0.29) is 18.6 Å². The van der Waals surface area contributed by atoms with Crippen LogP contribution in [0.5, 0.6) is 5.75 Å². The van der Waals surface area contributed by atoms with Gasteiger partial charge in [0.2, 0.25) is 0 Å². The zero-order valence-corrected chi connectivity index (χ0v) is 12.9. The molecule has 3 N–H and O–H groups in total. The zero-order chi connectivity index (χ0) is 15.1. The lowest BCUT2D eigenvalue weighted by Gasteiger charge is -2.15. The van der Waals surface area contributed by atoms with E-state index in [9.17, 15) is 4.79 Å². The second-order valence-electron chi connectivity index (χ2n) is 5.65. The van der Waals surface area contributed by atoms with E-state index in [4.69, 9.17) is 10.5 Å². The maximum absolute atomic E-state index is 11.7. The standard InChI is InChI=1S/C16H26N2O2/c1-11(2)7-8-18-16(19)10-20-15-6-5-12(3)9-14(15)13(4)17/h5-6,9,11,13H,7-8,10,17H2,1-4H3,(H,18,19)/t13-/m1/s1. The SMILES string of the molecule is Cc1ccc(OCC(=O)NCCC(C)C)c([C@@H](C)N)c1. The first-order valence-corrected chi connectivity index (χ1v) is 7.15. The molecule has 20 heavy (non-hydrogen) atoms. The summed E-state index contributed by atoms with van der Waals surface area (Å²) in [6.07, 6.45) is 0.974. The van der Waals surface area contributed by atoms with Crippen LogP contribution in [-0.2, 0) is 4.79 Å². The molecule has 0 fully saturated rings. The van der Waals surface area contributed by atoms with E-state index >= 15 is 0 Å². The van der Waals surface area contributed by atoms with Crippen LogP contribution >= 0.6 is 0 Å². The summed E-state index contributed by atoms with van der Waals surface area (Å²) in [4.78, 5) is 11.7. The van der Waals surface area contributed by atoms with Crippen LogP contribution in [0.25, 0.3) is 0 Å². The van der Waals surface area contributed by atoms with Crippen molar-refractivity contribution in [3.8, 4) is 5.75 Å². The van der Waals surface area contributed by atoms with Gasteiger partial charge >= 0.3 is 0 Å². The first-order valence-electron chi connectivity index (χ1n) is 7.15. The Kier molecular flexibility index (Phi) is 6.52. The van der Waals surface area contributed by atoms with Crippen LogP contribution in [0.15, 0.2) is 18.2 Å². The van der Waals surface area contributed by atoms with Crippen molar-refractivity contribution < 1.29 is 9.53 Å². The maximum atomic E-state index is 11.7. The Morgan fingerprint density at radius 3 is 2.65 bits per heavy atom. The second kappa shape index (κ2) is 7.90. The van der Waals surface area contributed by atoms with Gasteiger partial charge in [-0.25, -0.2) is 0 Å². The lowest BCUT2D eigenvalue weighted by atomic mass is 10.1. The minimum absolute atomic E-state index is 0.0286. The highest BCUT2D eigenvalue weighted by Crippen LogP contribution is 2.24. The van der Waals surface area contributed by atoms with Crippen molar-refractivity contribution in [1.29, 1.82) is 0 Å². The monoisotopic (exact) mass is 278 g/mol. The fourth-order valence-corrected chi connectivity index (χ4v) is 1.85. The van der Waals surface area contributed by atoms with E-state index in [2.05, 4.69) is 19.2 Å². The van der Waals surface area contributed by atoms with Crippen LogP contribution in [0.4, 0.5) is 0 Å². The van der Waals surface area contributed by atoms with Crippen LogP contribution in [-0.4, -0.2) is 19.1 Å². The molecule has 1 amide bonds. The summed E-state index contributed by atoms with van der Waals surface area (Å²) < 4.78 is 5.58. The normalized spacial score (nSPS) is 12.3. The van der Waals surface area contributed by atoms with Crippen molar-refractivity contribution >= 4 is 5.91 Å². The summed E-state index contributed by atoms with van der Waals surface area (Å²) in [5.74, 6) is 1.17. The van der Waals surface area contributed by atoms with Gasteiger partial charge in [-0.1, -0.05) is 31.5 Å². The number of aryl methyl sites for hydroxylation is 1. The summed E-state index contributed by atoms with van der Waals surface area (Å²) in [5.41, 5.74) is 7.98. The molecular formula is C16H26N2O2. The molecule has 0 saturated carbocycles. The van der Waals surface area contributed by atoms with Gasteiger partial charge in [0.1, 0.15) is 5.75 Å². The van der Waals surface area contributed by atoms with Crippen LogP contribution in [0.3, 0.4) is 0 Å². The van der Waals surface area contributed by atoms with E-state index in [1.165, 1.54) is 0 Å². The Hall–Kier alpha value is -1.55. The van der Waals surface area contributed by atoms with E-state index in [1.807, 2.05) is 32.0 Å². The molecule has 0 spiro atoms. The third-order valence-corrected chi connectivity index (χ3v) is 3.06. The fourth-order valence-electron chi connectivity index (χ4n) is 1.85. The quantitative estimate of drug-likeness (QED) is 0.805. The molecule has 0 bridgehead atoms. The highest BCUT2D eigenvalue weighted by Gasteiger charge is 2.10. The molecule has 0 radical (unpaired) electrons. The largest absolute Gasteiger partial charge is 0.483 e. The maximum Gasteiger partial charge on any atom is 0.257 e. The van der Waals surface area contributed by atoms with Crippen LogP contribution in [0.1, 0.15) is 44.4 Å². The third kappa shape index (κ3) is 5.61. The second-order valence-corrected chi connectivity index (χ2v) is 5.65. The van der Waals surface area contributed by atoms with Crippen molar-refractivity contribution in [3.63, 3.8) is 0 Å². The van der Waals surface area contributed by atoms with Gasteiger partial charge in [0.05, 0.1) is 0 Å². The molecule has 112 valence electrons. The molecule has 1 aromatic carbocycles. The number of nitrogens with two attached hydrogens (primary N) is 1. The predicted octanol–water partition coefficient (Wildman–Crippen LogP) is 2.56. The summed E-state index contributed by atoms with van der Waals surface area (Å²) in [5, 5.41) is 2.85. The molecular weight excluding hydrogens is 252 g/mol. The van der Waals surface area contributed by atoms with Crippen LogP contribution in [0, 0.1) is 12.8 Å². The lowest BCUT2D eigenvalue weighted by Crippen LogP contribution is -2.30. The van der Waals surface area contributed by atoms with E-state index < -0.39 is 0 Å². The van der Waals surface area contributed by atoms with Gasteiger partial charge in [0, 0.05) is 18.2 Å². The predicted molar refractivity (Wildman–Crippen MR) is 81.7 cm³/mol. The molecule has 0 unspecified atom stereocenters. The number of benzene rings is 1. The summed E-state index contributed by atoms with van der Waals surface area (Å²) in [6.45, 7) is 8.89. The molecule has 4 nitrogen and oxygen atoms in total. The first kappa shape index (κ1) is 16.5. The minimum Gasteiger partial charge on any atom is -0.483 e. The topological polar surface area (TPSA) is 64.3 Å². The Morgan fingerprint density at radius 1 is 1.35 bits per heavy atom. The average Bonchev–Trinajstić information content (AvgIpc) is 2.36. The Morgan fingerprint density at radius 2 is 2.05 bits per heavy atom. The van der Waals surface area contributed by atoms with Crippen molar-refractivity contribution in [2.24, 2.45) is 11.7 Å². The summed E-state index contributed by atoms with van der Waals surface area (Å²) in [6, 6.07) is 5.71. The van der Waals surface area contributed by atoms with E-state index in [1.54, 1.807) is 0 Å². The number of rotatable bonds is 7. The Balaban J connectivity index is 2.51. The molecule has 1 aromatic rings. The summed E-state index contributed by atoms with van der Waals surface area (Å²) >= 11 is 0. The van der Waals surface area contributed by atoms with Crippen LogP contribution in [0.2, 0.25) is 0 Å². The molecule has 1 atom stereocenters. The van der Waals surface area contributed by atoms with Gasteiger partial charge in [-0.2, -0.15) is 0 Å². The smallest absolute Gasteiger partial charge is 0.257 e. The van der Waals surface area contributed by atoms with Gasteiger partial charge < -0.3 is 15.8 Å². The number of hydrogen-bond acceptors (Lipinski definition) is 3. The lowest BCUT2D eigenvalue weighted by molar-refractivity contribution is -0.123. The molecule has 0 saturated heterocycles. The van der Waals surface area contributed by atoms with Crippen molar-refractivity contribution in [2.45, 2.75) is 40.2 Å². The Labute approximate surface area is 121 Å². The first-order chi connectivity index (χ1) is 9.40. The number of nitrogens with one attached hydrogen (secondary N) is 1. The van der Waals surface area contributed by atoms with Crippen molar-refractivity contribution in [2.75, 3.05) is 13.2 Å². The number of amides is 1. The molecule has 0 aliphatic carbocycles. The fraction of sp³-hybridized carbons (Fsp3) is 0.562. The average molecular weight is 278 g/mol. The van der Waals surface area contributed by atoms with Gasteiger partial charge in [-0.3, -0.25) is 4.79 Å². The van der Waals surface area contributed by atoms with Gasteiger partial charge in [0.25, 0.3) is 5.91 Å². The third-order valence-electron chi connectivity index (χ3n) is 3.06. The minimum atomic E-state index is -0.117. The molecule has 0 aliphatic heterocycles. The Bertz CT molecular complexity index is 442. The highest BCUT2D eigenvalue weighted by molar-refractivity contribution is 5.77.